The number of para-hydroxylation sites is 2. The van der Waals surface area contributed by atoms with Gasteiger partial charge in [-0.1, -0.05) is 91.0 Å². The molecule has 0 bridgehead atoms. The Hall–Kier alpha value is -6.86. The van der Waals surface area contributed by atoms with Crippen LogP contribution in [0.3, 0.4) is 0 Å². The van der Waals surface area contributed by atoms with E-state index in [-0.39, 0.29) is 5.56 Å². The number of phenolic OH excluding ortho intramolecular Hbond substituents is 5. The van der Waals surface area contributed by atoms with Gasteiger partial charge >= 0.3 is 0 Å². The van der Waals surface area contributed by atoms with Crippen LogP contribution in [0.2, 0.25) is 0 Å². The van der Waals surface area contributed by atoms with Crippen molar-refractivity contribution in [1.82, 2.24) is 9.13 Å². The number of hydrogen-bond donors (Lipinski definition) is 5. The summed E-state index contributed by atoms with van der Waals surface area (Å²) in [7, 11) is 0. The molecule has 0 saturated carbocycles. The first-order valence-corrected chi connectivity index (χ1v) is 15.8. The van der Waals surface area contributed by atoms with Gasteiger partial charge in [0.05, 0.1) is 27.6 Å². The third-order valence-corrected chi connectivity index (χ3v) is 9.46. The summed E-state index contributed by atoms with van der Waals surface area (Å²) in [5.41, 5.74) is 8.21. The average molecular weight is 641 g/mol. The van der Waals surface area contributed by atoms with Crippen LogP contribution in [0.4, 0.5) is 0 Å². The first-order valence-electron chi connectivity index (χ1n) is 15.8. The van der Waals surface area contributed by atoms with Gasteiger partial charge in [0.1, 0.15) is 0 Å². The van der Waals surface area contributed by atoms with Crippen molar-refractivity contribution in [2.75, 3.05) is 0 Å². The molecular weight excluding hydrogens is 612 g/mol. The summed E-state index contributed by atoms with van der Waals surface area (Å²) in [5, 5.41) is 56.3. The third kappa shape index (κ3) is 4.16. The Morgan fingerprint density at radius 2 is 0.796 bits per heavy atom. The molecule has 5 N–H and O–H groups in total. The van der Waals surface area contributed by atoms with E-state index in [2.05, 4.69) is 88.0 Å². The maximum Gasteiger partial charge on any atom is 0.208 e. The van der Waals surface area contributed by atoms with Gasteiger partial charge in [0, 0.05) is 32.9 Å². The summed E-state index contributed by atoms with van der Waals surface area (Å²) >= 11 is 0. The fraction of sp³-hybridized carbons (Fsp3) is 0. The van der Waals surface area contributed by atoms with Crippen LogP contribution in [0.5, 0.6) is 28.7 Å². The van der Waals surface area contributed by atoms with Gasteiger partial charge in [-0.25, -0.2) is 0 Å². The molecule has 7 heteroatoms. The molecule has 0 aliphatic rings. The van der Waals surface area contributed by atoms with Crippen LogP contribution in [-0.2, 0) is 0 Å². The second-order valence-electron chi connectivity index (χ2n) is 12.2. The SMILES string of the molecule is Oc1c(O)c(O)c(-c2cccc(-n3c4ccccc4c4cc5c6ccccc6n(-c6ccc(-c7ccccc7)cc6)c5cc43)c2)c(O)c1O. The summed E-state index contributed by atoms with van der Waals surface area (Å²) in [6, 6.07) is 47.0. The van der Waals surface area contributed by atoms with Crippen molar-refractivity contribution >= 4 is 43.6 Å². The molecule has 0 unspecified atom stereocenters. The van der Waals surface area contributed by atoms with Crippen molar-refractivity contribution in [1.29, 1.82) is 0 Å². The molecule has 2 aromatic heterocycles. The maximum absolute atomic E-state index is 10.7. The predicted molar refractivity (Wildman–Crippen MR) is 194 cm³/mol. The molecule has 0 saturated heterocycles. The number of benzene rings is 7. The van der Waals surface area contributed by atoms with Crippen molar-refractivity contribution in [3.63, 3.8) is 0 Å². The topological polar surface area (TPSA) is 111 Å². The molecular formula is C42H28N2O5. The molecule has 0 spiro atoms. The van der Waals surface area contributed by atoms with Gasteiger partial charge in [0.15, 0.2) is 11.5 Å². The quantitative estimate of drug-likeness (QED) is 0.0972. The van der Waals surface area contributed by atoms with Crippen molar-refractivity contribution in [2.45, 2.75) is 0 Å². The lowest BCUT2D eigenvalue weighted by Crippen LogP contribution is -1.96. The minimum Gasteiger partial charge on any atom is -0.504 e. The Bertz CT molecular complexity index is 2730. The van der Waals surface area contributed by atoms with Crippen molar-refractivity contribution in [2.24, 2.45) is 0 Å². The van der Waals surface area contributed by atoms with E-state index < -0.39 is 28.7 Å². The highest BCUT2D eigenvalue weighted by molar-refractivity contribution is 6.19. The van der Waals surface area contributed by atoms with Crippen LogP contribution < -0.4 is 0 Å². The minimum absolute atomic E-state index is 0.197. The zero-order valence-corrected chi connectivity index (χ0v) is 25.9. The highest BCUT2D eigenvalue weighted by Gasteiger charge is 2.25. The van der Waals surface area contributed by atoms with Crippen molar-refractivity contribution in [3.05, 3.63) is 140 Å². The van der Waals surface area contributed by atoms with E-state index in [0.29, 0.717) is 5.56 Å². The fourth-order valence-corrected chi connectivity index (χ4v) is 7.18. The summed E-state index contributed by atoms with van der Waals surface area (Å²) in [5.74, 6) is -4.31. The lowest BCUT2D eigenvalue weighted by Gasteiger charge is -2.15. The van der Waals surface area contributed by atoms with Crippen LogP contribution in [0, 0.1) is 0 Å². The number of phenols is 5. The molecule has 0 radical (unpaired) electrons. The van der Waals surface area contributed by atoms with Gasteiger partial charge < -0.3 is 34.7 Å². The van der Waals surface area contributed by atoms with Crippen LogP contribution in [0.25, 0.3) is 77.2 Å². The Morgan fingerprint density at radius 3 is 1.41 bits per heavy atom. The Morgan fingerprint density at radius 1 is 0.306 bits per heavy atom. The number of fused-ring (bicyclic) bond motifs is 6. The highest BCUT2D eigenvalue weighted by atomic mass is 16.4. The summed E-state index contributed by atoms with van der Waals surface area (Å²) in [6.07, 6.45) is 0. The largest absolute Gasteiger partial charge is 0.504 e. The minimum atomic E-state index is -0.994. The second kappa shape index (κ2) is 10.6. The Kier molecular flexibility index (Phi) is 6.13. The molecule has 7 nitrogen and oxygen atoms in total. The predicted octanol–water partition coefficient (Wildman–Crippen LogP) is 9.74. The molecule has 0 aliphatic heterocycles. The van der Waals surface area contributed by atoms with Crippen LogP contribution in [-0.4, -0.2) is 34.7 Å². The Labute approximate surface area is 279 Å². The monoisotopic (exact) mass is 640 g/mol. The highest BCUT2D eigenvalue weighted by Crippen LogP contribution is 2.55. The van der Waals surface area contributed by atoms with Crippen molar-refractivity contribution in [3.8, 4) is 62.4 Å². The van der Waals surface area contributed by atoms with E-state index >= 15 is 0 Å². The Balaban J connectivity index is 1.31. The van der Waals surface area contributed by atoms with Crippen LogP contribution in [0.1, 0.15) is 0 Å². The number of rotatable bonds is 4. The van der Waals surface area contributed by atoms with E-state index in [1.807, 2.05) is 42.5 Å². The van der Waals surface area contributed by atoms with Gasteiger partial charge in [-0.2, -0.15) is 0 Å². The number of aromatic nitrogens is 2. The standard InChI is InChI=1S/C42H28N2O5/c45-38-37(39(46)41(48)42(49)40(38)47)26-11-8-12-28(21-26)44-34-16-7-5-14-30(34)32-22-31-29-13-4-6-15-33(29)43(35(31)23-36(32)44)27-19-17-25(18-20-27)24-9-2-1-3-10-24/h1-23,45-49H. The molecule has 0 fully saturated rings. The molecule has 0 atom stereocenters. The maximum atomic E-state index is 10.7. The molecule has 0 amide bonds. The van der Waals surface area contributed by atoms with Crippen LogP contribution in [0.15, 0.2) is 140 Å². The molecule has 2 heterocycles. The molecule has 0 aliphatic carbocycles. The average Bonchev–Trinajstić information content (AvgIpc) is 3.65. The van der Waals surface area contributed by atoms with E-state index in [1.165, 1.54) is 0 Å². The van der Waals surface area contributed by atoms with Gasteiger partial charge in [0.25, 0.3) is 0 Å². The van der Waals surface area contributed by atoms with Gasteiger partial charge in [0.2, 0.25) is 17.2 Å². The summed E-state index contributed by atoms with van der Waals surface area (Å²) in [4.78, 5) is 0. The van der Waals surface area contributed by atoms with E-state index in [4.69, 9.17) is 0 Å². The first-order chi connectivity index (χ1) is 23.9. The van der Waals surface area contributed by atoms with Crippen LogP contribution >= 0.6 is 0 Å². The second-order valence-corrected chi connectivity index (χ2v) is 12.2. The molecule has 49 heavy (non-hydrogen) atoms. The molecule has 9 aromatic rings. The zero-order valence-electron chi connectivity index (χ0n) is 25.9. The zero-order chi connectivity index (χ0) is 33.4. The third-order valence-electron chi connectivity index (χ3n) is 9.46. The smallest absolute Gasteiger partial charge is 0.208 e. The van der Waals surface area contributed by atoms with E-state index in [0.717, 1.165) is 66.1 Å². The number of hydrogen-bond acceptors (Lipinski definition) is 5. The molecule has 9 rings (SSSR count). The van der Waals surface area contributed by atoms with Gasteiger partial charge in [-0.3, -0.25) is 0 Å². The van der Waals surface area contributed by atoms with E-state index in [9.17, 15) is 25.5 Å². The normalized spacial score (nSPS) is 11.7. The van der Waals surface area contributed by atoms with Gasteiger partial charge in [-0.05, 0) is 65.2 Å². The lowest BCUT2D eigenvalue weighted by atomic mass is 10.0. The lowest BCUT2D eigenvalue weighted by molar-refractivity contribution is 0.330. The first kappa shape index (κ1) is 28.4. The molecule has 236 valence electrons. The van der Waals surface area contributed by atoms with Gasteiger partial charge in [-0.15, -0.1) is 0 Å². The molecule has 7 aromatic carbocycles. The number of nitrogens with zero attached hydrogens (tertiary/aromatic N) is 2. The summed E-state index contributed by atoms with van der Waals surface area (Å²) < 4.78 is 4.41. The summed E-state index contributed by atoms with van der Waals surface area (Å²) in [6.45, 7) is 0. The number of aromatic hydroxyl groups is 5. The van der Waals surface area contributed by atoms with Crippen molar-refractivity contribution < 1.29 is 25.5 Å². The van der Waals surface area contributed by atoms with E-state index in [1.54, 1.807) is 18.2 Å². The fourth-order valence-electron chi connectivity index (χ4n) is 7.18.